The molecule has 0 radical (unpaired) electrons. The van der Waals surface area contributed by atoms with Gasteiger partial charge in [0, 0.05) is 81.0 Å². The van der Waals surface area contributed by atoms with Crippen molar-refractivity contribution in [3.63, 3.8) is 0 Å². The zero-order valence-electron chi connectivity index (χ0n) is 29.7. The molecule has 10 rings (SSSR count). The van der Waals surface area contributed by atoms with Crippen molar-refractivity contribution in [1.29, 1.82) is 0 Å². The maximum Gasteiger partial charge on any atom is 0.0806 e. The van der Waals surface area contributed by atoms with Crippen LogP contribution < -0.4 is 0 Å². The zero-order chi connectivity index (χ0) is 36.2. The van der Waals surface area contributed by atoms with Crippen molar-refractivity contribution < 1.29 is 0 Å². The Labute approximate surface area is 311 Å². The number of pyridine rings is 6. The summed E-state index contributed by atoms with van der Waals surface area (Å²) in [6.45, 7) is 4.46. The van der Waals surface area contributed by atoms with Gasteiger partial charge in [-0.25, -0.2) is 9.97 Å². The number of nitrogens with zero attached hydrogens (tertiary/aromatic N) is 6. The average Bonchev–Trinajstić information content (AvgIpc) is 3.25. The number of para-hydroxylation sites is 1. The summed E-state index contributed by atoms with van der Waals surface area (Å²) in [5, 5.41) is 6.79. The summed E-state index contributed by atoms with van der Waals surface area (Å²) in [6, 6.07) is 41.8. The highest BCUT2D eigenvalue weighted by atomic mass is 14.7. The zero-order valence-corrected chi connectivity index (χ0v) is 29.7. The fourth-order valence-electron chi connectivity index (χ4n) is 8.00. The Hall–Kier alpha value is -7.18. The first kappa shape index (κ1) is 31.5. The lowest BCUT2D eigenvalue weighted by Crippen LogP contribution is -2.00. The molecule has 0 bridgehead atoms. The van der Waals surface area contributed by atoms with Crippen LogP contribution in [0.2, 0.25) is 0 Å². The van der Waals surface area contributed by atoms with Crippen molar-refractivity contribution in [3.8, 4) is 56.2 Å². The molecule has 0 spiro atoms. The van der Waals surface area contributed by atoms with Gasteiger partial charge in [0.1, 0.15) is 0 Å². The van der Waals surface area contributed by atoms with E-state index in [4.69, 9.17) is 19.9 Å². The fraction of sp³-hybridized carbons (Fsp3) is 0.0417. The van der Waals surface area contributed by atoms with Gasteiger partial charge in [0.25, 0.3) is 0 Å². The Bertz CT molecular complexity index is 2980. The molecule has 0 unspecified atom stereocenters. The summed E-state index contributed by atoms with van der Waals surface area (Å²) < 4.78 is 0. The minimum Gasteiger partial charge on any atom is -0.264 e. The smallest absolute Gasteiger partial charge is 0.0806 e. The lowest BCUT2D eigenvalue weighted by molar-refractivity contribution is 1.30. The number of benzene rings is 4. The second kappa shape index (κ2) is 12.8. The van der Waals surface area contributed by atoms with Gasteiger partial charge in [-0.1, -0.05) is 42.5 Å². The third-order valence-corrected chi connectivity index (χ3v) is 10.4. The Balaban J connectivity index is 1.30. The van der Waals surface area contributed by atoms with E-state index in [-0.39, 0.29) is 0 Å². The van der Waals surface area contributed by atoms with Crippen molar-refractivity contribution in [2.75, 3.05) is 0 Å². The van der Waals surface area contributed by atoms with Gasteiger partial charge >= 0.3 is 0 Å². The molecule has 0 aliphatic heterocycles. The molecule has 0 atom stereocenters. The van der Waals surface area contributed by atoms with E-state index in [1.165, 1.54) is 5.39 Å². The number of rotatable bonds is 5. The fourth-order valence-corrected chi connectivity index (χ4v) is 8.00. The summed E-state index contributed by atoms with van der Waals surface area (Å²) in [4.78, 5) is 29.2. The monoisotopic (exact) mass is 692 g/mol. The van der Waals surface area contributed by atoms with Crippen LogP contribution in [0.1, 0.15) is 11.1 Å². The molecule has 6 heteroatoms. The van der Waals surface area contributed by atoms with E-state index < -0.39 is 0 Å². The van der Waals surface area contributed by atoms with E-state index >= 15 is 0 Å². The number of aryl methyl sites for hydroxylation is 2. The molecule has 6 aromatic heterocycles. The third-order valence-electron chi connectivity index (χ3n) is 10.4. The molecule has 54 heavy (non-hydrogen) atoms. The maximum absolute atomic E-state index is 5.50. The summed E-state index contributed by atoms with van der Waals surface area (Å²) >= 11 is 0. The molecule has 0 fully saturated rings. The summed E-state index contributed by atoms with van der Waals surface area (Å²) in [5.41, 5.74) is 13.9. The molecule has 0 saturated carbocycles. The average molecular weight is 693 g/mol. The maximum atomic E-state index is 5.50. The highest BCUT2D eigenvalue weighted by molar-refractivity contribution is 6.25. The molecule has 0 N–H and O–H groups in total. The van der Waals surface area contributed by atoms with Crippen molar-refractivity contribution >= 4 is 43.4 Å². The van der Waals surface area contributed by atoms with E-state index in [0.717, 1.165) is 105 Å². The second-order valence-electron chi connectivity index (χ2n) is 13.6. The quantitative estimate of drug-likeness (QED) is 0.132. The highest BCUT2D eigenvalue weighted by Crippen LogP contribution is 2.46. The van der Waals surface area contributed by atoms with Crippen molar-refractivity contribution in [2.24, 2.45) is 0 Å². The predicted octanol–water partition coefficient (Wildman–Crippen LogP) is 11.6. The van der Waals surface area contributed by atoms with Crippen LogP contribution in [-0.2, 0) is 0 Å². The van der Waals surface area contributed by atoms with Gasteiger partial charge in [0.05, 0.1) is 33.8 Å². The molecule has 6 heterocycles. The minimum absolute atomic E-state index is 0.903. The van der Waals surface area contributed by atoms with Crippen molar-refractivity contribution in [2.45, 2.75) is 13.8 Å². The SMILES string of the molecule is Cc1c2c(-c3cccnc3)nc3cc(-c4cc(-c5ccccn5)cc(-c5ccccn5)c4)ccc3c2c(C)c2c(-c3cccnc3)nc3ccccc3c12. The van der Waals surface area contributed by atoms with Gasteiger partial charge in [-0.2, -0.15) is 0 Å². The van der Waals surface area contributed by atoms with Crippen LogP contribution in [0.5, 0.6) is 0 Å². The van der Waals surface area contributed by atoms with Crippen LogP contribution in [0.25, 0.3) is 99.5 Å². The largest absolute Gasteiger partial charge is 0.264 e. The Morgan fingerprint density at radius 3 is 1.46 bits per heavy atom. The lowest BCUT2D eigenvalue weighted by Gasteiger charge is -2.21. The summed E-state index contributed by atoms with van der Waals surface area (Å²) in [7, 11) is 0. The number of aromatic nitrogens is 6. The molecule has 6 nitrogen and oxygen atoms in total. The van der Waals surface area contributed by atoms with Crippen LogP contribution in [0, 0.1) is 13.8 Å². The van der Waals surface area contributed by atoms with Gasteiger partial charge in [-0.05, 0) is 126 Å². The topological polar surface area (TPSA) is 77.3 Å². The lowest BCUT2D eigenvalue weighted by atomic mass is 9.86. The van der Waals surface area contributed by atoms with Gasteiger partial charge in [-0.3, -0.25) is 19.9 Å². The third kappa shape index (κ3) is 5.19. The summed E-state index contributed by atoms with van der Waals surface area (Å²) in [6.07, 6.45) is 11.1. The molecule has 4 aromatic carbocycles. The van der Waals surface area contributed by atoms with Crippen LogP contribution in [0.3, 0.4) is 0 Å². The van der Waals surface area contributed by atoms with Crippen molar-refractivity contribution in [3.05, 3.63) is 170 Å². The highest BCUT2D eigenvalue weighted by Gasteiger charge is 2.23. The van der Waals surface area contributed by atoms with E-state index in [0.29, 0.717) is 0 Å². The molecular formula is C48H32N6. The normalized spacial score (nSPS) is 11.5. The van der Waals surface area contributed by atoms with E-state index in [9.17, 15) is 0 Å². The van der Waals surface area contributed by atoms with E-state index in [1.807, 2.05) is 85.7 Å². The molecule has 0 amide bonds. The Morgan fingerprint density at radius 2 is 0.907 bits per heavy atom. The number of fused-ring (bicyclic) bond motifs is 6. The molecular weight excluding hydrogens is 661 g/mol. The first-order valence-corrected chi connectivity index (χ1v) is 18.0. The van der Waals surface area contributed by atoms with Gasteiger partial charge < -0.3 is 0 Å². The van der Waals surface area contributed by atoms with Crippen molar-refractivity contribution in [1.82, 2.24) is 29.9 Å². The van der Waals surface area contributed by atoms with Crippen LogP contribution in [0.15, 0.2) is 159 Å². The Morgan fingerprint density at radius 1 is 0.370 bits per heavy atom. The second-order valence-corrected chi connectivity index (χ2v) is 13.6. The molecule has 0 aliphatic rings. The first-order valence-electron chi connectivity index (χ1n) is 18.0. The standard InChI is InChI=1S/C48H32N6/c1-29-43-37-13-3-4-16-41(37)53-47(32-11-9-19-49-27-32)45(43)30(2)44-38-18-17-31(26-42(38)54-48(46(29)44)33-12-10-20-50-28-33)34-23-35(39-14-5-7-21-51-39)25-36(24-34)40-15-6-8-22-52-40/h3-28H,1-2H3. The number of hydrogen-bond donors (Lipinski definition) is 0. The molecule has 10 aromatic rings. The minimum atomic E-state index is 0.903. The first-order chi connectivity index (χ1) is 26.6. The molecule has 0 saturated heterocycles. The van der Waals surface area contributed by atoms with E-state index in [1.54, 1.807) is 0 Å². The van der Waals surface area contributed by atoms with Gasteiger partial charge in [-0.15, -0.1) is 0 Å². The predicted molar refractivity (Wildman–Crippen MR) is 220 cm³/mol. The van der Waals surface area contributed by atoms with E-state index in [2.05, 4.69) is 96.6 Å². The molecule has 0 aliphatic carbocycles. The number of hydrogen-bond acceptors (Lipinski definition) is 6. The Kier molecular flexibility index (Phi) is 7.47. The van der Waals surface area contributed by atoms with Gasteiger partial charge in [0.15, 0.2) is 0 Å². The van der Waals surface area contributed by atoms with Crippen LogP contribution in [0.4, 0.5) is 0 Å². The van der Waals surface area contributed by atoms with Crippen LogP contribution in [-0.4, -0.2) is 29.9 Å². The molecule has 254 valence electrons. The van der Waals surface area contributed by atoms with Gasteiger partial charge in [0.2, 0.25) is 0 Å². The van der Waals surface area contributed by atoms with Crippen LogP contribution >= 0.6 is 0 Å². The summed E-state index contributed by atoms with van der Waals surface area (Å²) in [5.74, 6) is 0.